The Kier molecular flexibility index (Phi) is 8.55. The monoisotopic (exact) mass is 372 g/mol. The molecule has 0 bridgehead atoms. The minimum atomic E-state index is -0.213. The number of nitrogens with zero attached hydrogens (tertiary/aromatic N) is 2. The lowest BCUT2D eigenvalue weighted by molar-refractivity contribution is 0.585. The zero-order valence-corrected chi connectivity index (χ0v) is 16.2. The van der Waals surface area contributed by atoms with E-state index in [-0.39, 0.29) is 11.4 Å². The van der Waals surface area contributed by atoms with Crippen molar-refractivity contribution in [1.82, 2.24) is 15.2 Å². The van der Waals surface area contributed by atoms with Crippen molar-refractivity contribution in [1.29, 1.82) is 0 Å². The van der Waals surface area contributed by atoms with Crippen LogP contribution in [0.3, 0.4) is 0 Å². The van der Waals surface area contributed by atoms with Gasteiger partial charge in [0.05, 0.1) is 0 Å². The van der Waals surface area contributed by atoms with E-state index in [1.807, 2.05) is 19.9 Å². The molecule has 146 valence electrons. The number of benzene rings is 1. The van der Waals surface area contributed by atoms with Crippen molar-refractivity contribution in [3.63, 3.8) is 0 Å². The summed E-state index contributed by atoms with van der Waals surface area (Å²) in [6, 6.07) is 11.9. The molecule has 1 heterocycles. The van der Waals surface area contributed by atoms with E-state index >= 15 is 0 Å². The second kappa shape index (κ2) is 11.2. The lowest BCUT2D eigenvalue weighted by Gasteiger charge is -2.12. The van der Waals surface area contributed by atoms with Crippen LogP contribution in [0.5, 0.6) is 0 Å². The molecule has 2 rings (SSSR count). The summed E-state index contributed by atoms with van der Waals surface area (Å²) in [6.07, 6.45) is 2.62. The normalized spacial score (nSPS) is 11.4. The van der Waals surface area contributed by atoms with Gasteiger partial charge in [0.2, 0.25) is 0 Å². The number of unbranched alkanes of at least 4 members (excludes halogenated alkanes) is 1. The van der Waals surface area contributed by atoms with Gasteiger partial charge in [-0.15, -0.1) is 0 Å². The SMILES string of the molecule is CCNC(=NCCCCn1c(C)cccc1=O)NCCc1ccc(F)cc1. The molecule has 0 radical (unpaired) electrons. The molecule has 0 aliphatic rings. The number of aliphatic imine (C=N–C) groups is 1. The van der Waals surface area contributed by atoms with Crippen LogP contribution in [0.1, 0.15) is 31.0 Å². The average Bonchev–Trinajstić information content (AvgIpc) is 2.65. The Balaban J connectivity index is 1.74. The molecule has 1 aromatic heterocycles. The summed E-state index contributed by atoms with van der Waals surface area (Å²) in [7, 11) is 0. The maximum absolute atomic E-state index is 12.9. The fourth-order valence-corrected chi connectivity index (χ4v) is 2.80. The second-order valence-electron chi connectivity index (χ2n) is 6.43. The van der Waals surface area contributed by atoms with Crippen LogP contribution in [0.2, 0.25) is 0 Å². The molecule has 0 aliphatic heterocycles. The number of nitrogens with one attached hydrogen (secondary N) is 2. The Morgan fingerprint density at radius 2 is 1.89 bits per heavy atom. The van der Waals surface area contributed by atoms with Crippen LogP contribution in [0.15, 0.2) is 52.3 Å². The van der Waals surface area contributed by atoms with Crippen molar-refractivity contribution < 1.29 is 4.39 Å². The number of aromatic nitrogens is 1. The molecule has 0 unspecified atom stereocenters. The van der Waals surface area contributed by atoms with E-state index in [9.17, 15) is 9.18 Å². The predicted octanol–water partition coefficient (Wildman–Crippen LogP) is 2.87. The second-order valence-corrected chi connectivity index (χ2v) is 6.43. The minimum absolute atomic E-state index is 0.0503. The molecule has 5 nitrogen and oxygen atoms in total. The number of halogens is 1. The Morgan fingerprint density at radius 3 is 2.59 bits per heavy atom. The van der Waals surface area contributed by atoms with E-state index in [1.165, 1.54) is 12.1 Å². The van der Waals surface area contributed by atoms with Crippen molar-refractivity contribution in [2.75, 3.05) is 19.6 Å². The molecule has 0 amide bonds. The third kappa shape index (κ3) is 7.25. The highest BCUT2D eigenvalue weighted by Gasteiger charge is 2.00. The smallest absolute Gasteiger partial charge is 0.250 e. The first kappa shape index (κ1) is 20.7. The highest BCUT2D eigenvalue weighted by Crippen LogP contribution is 2.03. The van der Waals surface area contributed by atoms with Gasteiger partial charge in [-0.1, -0.05) is 18.2 Å². The summed E-state index contributed by atoms with van der Waals surface area (Å²) < 4.78 is 14.7. The molecule has 2 aromatic rings. The van der Waals surface area contributed by atoms with E-state index in [1.54, 1.807) is 28.8 Å². The van der Waals surface area contributed by atoms with Crippen molar-refractivity contribution in [2.45, 2.75) is 39.7 Å². The Labute approximate surface area is 160 Å². The molecule has 0 saturated heterocycles. The quantitative estimate of drug-likeness (QED) is 0.404. The van der Waals surface area contributed by atoms with Gasteiger partial charge in [0.25, 0.3) is 5.56 Å². The molecule has 0 saturated carbocycles. The summed E-state index contributed by atoms with van der Waals surface area (Å²) in [6.45, 7) is 6.93. The topological polar surface area (TPSA) is 58.4 Å². The molecule has 0 fully saturated rings. The van der Waals surface area contributed by atoms with Gasteiger partial charge in [0, 0.05) is 37.9 Å². The van der Waals surface area contributed by atoms with Gasteiger partial charge >= 0.3 is 0 Å². The average molecular weight is 372 g/mol. The van der Waals surface area contributed by atoms with Crippen LogP contribution < -0.4 is 16.2 Å². The van der Waals surface area contributed by atoms with E-state index in [4.69, 9.17) is 0 Å². The van der Waals surface area contributed by atoms with Crippen LogP contribution in [-0.2, 0) is 13.0 Å². The Bertz CT molecular complexity index is 784. The van der Waals surface area contributed by atoms with Crippen LogP contribution in [0.4, 0.5) is 4.39 Å². The fourth-order valence-electron chi connectivity index (χ4n) is 2.80. The van der Waals surface area contributed by atoms with Gasteiger partial charge in [-0.25, -0.2) is 4.39 Å². The van der Waals surface area contributed by atoms with Crippen molar-refractivity contribution in [2.24, 2.45) is 4.99 Å². The minimum Gasteiger partial charge on any atom is -0.357 e. The van der Waals surface area contributed by atoms with Crippen LogP contribution in [0, 0.1) is 12.7 Å². The first-order valence-corrected chi connectivity index (χ1v) is 9.53. The molecular weight excluding hydrogens is 343 g/mol. The van der Waals surface area contributed by atoms with E-state index in [0.717, 1.165) is 56.1 Å². The van der Waals surface area contributed by atoms with Crippen molar-refractivity contribution in [3.8, 4) is 0 Å². The molecule has 2 N–H and O–H groups in total. The highest BCUT2D eigenvalue weighted by molar-refractivity contribution is 5.79. The standard InChI is InChI=1S/C21H29FN4O/c1-3-23-21(25-15-13-18-9-11-19(22)12-10-18)24-14-4-5-16-26-17(2)7-6-8-20(26)27/h6-12H,3-5,13-16H2,1-2H3,(H2,23,24,25). The molecular formula is C21H29FN4O. The first-order valence-electron chi connectivity index (χ1n) is 9.53. The van der Waals surface area contributed by atoms with Crippen molar-refractivity contribution in [3.05, 3.63) is 69.9 Å². The summed E-state index contributed by atoms with van der Waals surface area (Å²) in [5.74, 6) is 0.572. The summed E-state index contributed by atoms with van der Waals surface area (Å²) >= 11 is 0. The fraction of sp³-hybridized carbons (Fsp3) is 0.429. The Morgan fingerprint density at radius 1 is 1.11 bits per heavy atom. The number of aryl methyl sites for hydroxylation is 1. The lowest BCUT2D eigenvalue weighted by Crippen LogP contribution is -2.38. The van der Waals surface area contributed by atoms with E-state index < -0.39 is 0 Å². The lowest BCUT2D eigenvalue weighted by atomic mass is 10.1. The number of rotatable bonds is 9. The molecule has 0 aliphatic carbocycles. The van der Waals surface area contributed by atoms with Crippen molar-refractivity contribution >= 4 is 5.96 Å². The van der Waals surface area contributed by atoms with Crippen LogP contribution in [0.25, 0.3) is 0 Å². The molecule has 27 heavy (non-hydrogen) atoms. The van der Waals surface area contributed by atoms with Gasteiger partial charge in [-0.2, -0.15) is 0 Å². The summed E-state index contributed by atoms with van der Waals surface area (Å²) in [5, 5.41) is 6.53. The third-order valence-electron chi connectivity index (χ3n) is 4.29. The zero-order chi connectivity index (χ0) is 19.5. The maximum atomic E-state index is 12.9. The molecule has 0 spiro atoms. The maximum Gasteiger partial charge on any atom is 0.250 e. The molecule has 0 atom stereocenters. The van der Waals surface area contributed by atoms with Gasteiger partial charge < -0.3 is 15.2 Å². The van der Waals surface area contributed by atoms with Gasteiger partial charge in [0.15, 0.2) is 5.96 Å². The highest BCUT2D eigenvalue weighted by atomic mass is 19.1. The Hall–Kier alpha value is -2.63. The number of pyridine rings is 1. The molecule has 1 aromatic carbocycles. The van der Waals surface area contributed by atoms with Gasteiger partial charge in [-0.05, 0) is 56.9 Å². The summed E-state index contributed by atoms with van der Waals surface area (Å²) in [4.78, 5) is 16.4. The summed E-state index contributed by atoms with van der Waals surface area (Å²) in [5.41, 5.74) is 2.12. The first-order chi connectivity index (χ1) is 13.1. The van der Waals surface area contributed by atoms with E-state index in [2.05, 4.69) is 15.6 Å². The van der Waals surface area contributed by atoms with Crippen LogP contribution >= 0.6 is 0 Å². The van der Waals surface area contributed by atoms with E-state index in [0.29, 0.717) is 6.54 Å². The largest absolute Gasteiger partial charge is 0.357 e. The van der Waals surface area contributed by atoms with Crippen LogP contribution in [-0.4, -0.2) is 30.2 Å². The predicted molar refractivity (Wildman–Crippen MR) is 109 cm³/mol. The number of guanidine groups is 1. The van der Waals surface area contributed by atoms with Gasteiger partial charge in [0.1, 0.15) is 5.82 Å². The van der Waals surface area contributed by atoms with Gasteiger partial charge in [-0.3, -0.25) is 9.79 Å². The zero-order valence-electron chi connectivity index (χ0n) is 16.2. The third-order valence-corrected chi connectivity index (χ3v) is 4.29. The molecule has 6 heteroatoms. The number of hydrogen-bond acceptors (Lipinski definition) is 2. The number of hydrogen-bond donors (Lipinski definition) is 2.